The second kappa shape index (κ2) is 14.8. The Labute approximate surface area is 216 Å². The van der Waals surface area contributed by atoms with Gasteiger partial charge in [0, 0.05) is 6.42 Å². The minimum atomic E-state index is -1.56. The molecule has 0 aliphatic heterocycles. The Hall–Kier alpha value is -3.67. The lowest BCUT2D eigenvalue weighted by Crippen LogP contribution is -2.58. The molecular formula is C25H39N5O7. The van der Waals surface area contributed by atoms with Crippen molar-refractivity contribution in [3.63, 3.8) is 0 Å². The number of carbonyl (C=O) groups is 5. The Balaban J connectivity index is 3.17. The van der Waals surface area contributed by atoms with Gasteiger partial charge in [-0.15, -0.1) is 0 Å². The molecule has 12 nitrogen and oxygen atoms in total. The number of amides is 4. The quantitative estimate of drug-likeness (QED) is 0.163. The van der Waals surface area contributed by atoms with Crippen molar-refractivity contribution in [1.29, 1.82) is 0 Å². The normalized spacial score (nSPS) is 15.1. The van der Waals surface area contributed by atoms with Gasteiger partial charge in [-0.3, -0.25) is 19.2 Å². The van der Waals surface area contributed by atoms with Gasteiger partial charge >= 0.3 is 5.97 Å². The first-order valence-electron chi connectivity index (χ1n) is 12.2. The maximum Gasteiger partial charge on any atom is 0.326 e. The van der Waals surface area contributed by atoms with Crippen molar-refractivity contribution >= 4 is 29.6 Å². The molecule has 37 heavy (non-hydrogen) atoms. The number of carbonyl (C=O) groups excluding carboxylic acids is 4. The van der Waals surface area contributed by atoms with Gasteiger partial charge < -0.3 is 37.6 Å². The molecule has 0 saturated carbocycles. The minimum absolute atomic E-state index is 0.0326. The number of benzene rings is 1. The highest BCUT2D eigenvalue weighted by atomic mass is 16.4. The summed E-state index contributed by atoms with van der Waals surface area (Å²) in [5, 5.41) is 26.4. The van der Waals surface area contributed by atoms with Crippen LogP contribution in [0.3, 0.4) is 0 Å². The highest BCUT2D eigenvalue weighted by molar-refractivity contribution is 5.95. The van der Waals surface area contributed by atoms with Gasteiger partial charge in [-0.25, -0.2) is 4.79 Å². The van der Waals surface area contributed by atoms with Gasteiger partial charge in [0.2, 0.25) is 23.6 Å². The van der Waals surface area contributed by atoms with Crippen LogP contribution in [0.2, 0.25) is 0 Å². The summed E-state index contributed by atoms with van der Waals surface area (Å²) in [5.74, 6) is -4.56. The SMILES string of the molecule is CCC(C)C(N)C(=O)NC(Cc1ccc(O)cc1)C(=O)NC(CC(C)C)C(=O)NC(CC(N)=O)C(=O)O. The van der Waals surface area contributed by atoms with Crippen LogP contribution >= 0.6 is 0 Å². The van der Waals surface area contributed by atoms with E-state index in [9.17, 15) is 34.2 Å². The van der Waals surface area contributed by atoms with E-state index in [2.05, 4.69) is 16.0 Å². The summed E-state index contributed by atoms with van der Waals surface area (Å²) < 4.78 is 0. The van der Waals surface area contributed by atoms with Gasteiger partial charge in [-0.1, -0.05) is 46.2 Å². The summed E-state index contributed by atoms with van der Waals surface area (Å²) >= 11 is 0. The highest BCUT2D eigenvalue weighted by Crippen LogP contribution is 2.13. The van der Waals surface area contributed by atoms with E-state index in [1.807, 2.05) is 27.7 Å². The molecule has 0 aliphatic rings. The number of rotatable bonds is 15. The predicted molar refractivity (Wildman–Crippen MR) is 136 cm³/mol. The van der Waals surface area contributed by atoms with E-state index in [0.717, 1.165) is 0 Å². The molecular weight excluding hydrogens is 482 g/mol. The Kier molecular flexibility index (Phi) is 12.5. The van der Waals surface area contributed by atoms with E-state index in [0.29, 0.717) is 12.0 Å². The molecule has 1 aromatic carbocycles. The number of phenolic OH excluding ortho intramolecular Hbond substituents is 1. The minimum Gasteiger partial charge on any atom is -0.508 e. The molecule has 0 aromatic heterocycles. The van der Waals surface area contributed by atoms with Gasteiger partial charge in [0.05, 0.1) is 12.5 Å². The maximum atomic E-state index is 13.3. The lowest BCUT2D eigenvalue weighted by Gasteiger charge is -2.27. The van der Waals surface area contributed by atoms with Gasteiger partial charge in [0.25, 0.3) is 0 Å². The predicted octanol–water partition coefficient (Wildman–Crippen LogP) is -0.231. The summed E-state index contributed by atoms with van der Waals surface area (Å²) in [6, 6.07) is 1.39. The van der Waals surface area contributed by atoms with Crippen LogP contribution in [0.15, 0.2) is 24.3 Å². The molecule has 0 aliphatic carbocycles. The number of nitrogens with one attached hydrogen (secondary N) is 3. The van der Waals surface area contributed by atoms with Crippen LogP contribution in [0.1, 0.15) is 52.5 Å². The third kappa shape index (κ3) is 10.9. The first-order valence-corrected chi connectivity index (χ1v) is 12.2. The second-order valence-corrected chi connectivity index (χ2v) is 9.60. The number of primary amides is 1. The van der Waals surface area contributed by atoms with Gasteiger partial charge in [-0.2, -0.15) is 0 Å². The van der Waals surface area contributed by atoms with E-state index in [4.69, 9.17) is 11.5 Å². The summed E-state index contributed by atoms with van der Waals surface area (Å²) in [4.78, 5) is 61.7. The summed E-state index contributed by atoms with van der Waals surface area (Å²) in [7, 11) is 0. The number of carboxylic acid groups (broad SMARTS) is 1. The van der Waals surface area contributed by atoms with Crippen LogP contribution in [-0.2, 0) is 30.4 Å². The average Bonchev–Trinajstić information content (AvgIpc) is 2.82. The third-order valence-corrected chi connectivity index (χ3v) is 5.93. The molecule has 0 spiro atoms. The van der Waals surface area contributed by atoms with Crippen LogP contribution in [-0.4, -0.2) is 64.0 Å². The monoisotopic (exact) mass is 521 g/mol. The van der Waals surface area contributed by atoms with Crippen LogP contribution in [0.5, 0.6) is 5.75 Å². The molecule has 206 valence electrons. The fraction of sp³-hybridized carbons (Fsp3) is 0.560. The van der Waals surface area contributed by atoms with Crippen LogP contribution in [0.4, 0.5) is 0 Å². The van der Waals surface area contributed by atoms with Crippen molar-refractivity contribution in [3.8, 4) is 5.75 Å². The van der Waals surface area contributed by atoms with Gasteiger partial charge in [0.1, 0.15) is 23.9 Å². The van der Waals surface area contributed by atoms with Crippen LogP contribution in [0.25, 0.3) is 0 Å². The third-order valence-electron chi connectivity index (χ3n) is 5.93. The summed E-state index contributed by atoms with van der Waals surface area (Å²) in [5.41, 5.74) is 11.7. The summed E-state index contributed by atoms with van der Waals surface area (Å²) in [6.07, 6.45) is 0.236. The number of hydrogen-bond donors (Lipinski definition) is 7. The first kappa shape index (κ1) is 31.4. The molecule has 0 fully saturated rings. The average molecular weight is 522 g/mol. The summed E-state index contributed by atoms with van der Waals surface area (Å²) in [6.45, 7) is 7.32. The van der Waals surface area contributed by atoms with Crippen LogP contribution in [0, 0.1) is 11.8 Å². The molecule has 5 unspecified atom stereocenters. The van der Waals surface area contributed by atoms with Crippen LogP contribution < -0.4 is 27.4 Å². The van der Waals surface area contributed by atoms with Crippen molar-refractivity contribution in [2.75, 3.05) is 0 Å². The zero-order valence-corrected chi connectivity index (χ0v) is 21.7. The lowest BCUT2D eigenvalue weighted by atomic mass is 9.97. The number of phenols is 1. The topological polar surface area (TPSA) is 214 Å². The molecule has 1 aromatic rings. The first-order chi connectivity index (χ1) is 17.2. The van der Waals surface area contributed by atoms with Crippen molar-refractivity contribution in [2.45, 2.75) is 77.5 Å². The molecule has 1 rings (SSSR count). The second-order valence-electron chi connectivity index (χ2n) is 9.60. The Morgan fingerprint density at radius 1 is 0.865 bits per heavy atom. The smallest absolute Gasteiger partial charge is 0.326 e. The fourth-order valence-electron chi connectivity index (χ4n) is 3.51. The van der Waals surface area contributed by atoms with E-state index < -0.39 is 60.2 Å². The van der Waals surface area contributed by atoms with E-state index in [-0.39, 0.29) is 30.4 Å². The highest BCUT2D eigenvalue weighted by Gasteiger charge is 2.32. The Morgan fingerprint density at radius 2 is 1.38 bits per heavy atom. The molecule has 4 amide bonds. The molecule has 0 radical (unpaired) electrons. The molecule has 12 heteroatoms. The molecule has 0 heterocycles. The van der Waals surface area contributed by atoms with Gasteiger partial charge in [0.15, 0.2) is 0 Å². The van der Waals surface area contributed by atoms with Crippen molar-refractivity contribution < 1.29 is 34.2 Å². The molecule has 9 N–H and O–H groups in total. The van der Waals surface area contributed by atoms with E-state index >= 15 is 0 Å². The number of aromatic hydroxyl groups is 1. The fourth-order valence-corrected chi connectivity index (χ4v) is 3.51. The zero-order chi connectivity index (χ0) is 28.3. The maximum absolute atomic E-state index is 13.3. The number of aliphatic carboxylic acids is 1. The standard InChI is InChI=1S/C25H39N5O7/c1-5-14(4)21(27)24(35)29-18(11-15-6-8-16(31)9-7-15)23(34)28-17(10-13(2)3)22(33)30-19(25(36)37)12-20(26)32/h6-9,13-14,17-19,21,31H,5,10-12,27H2,1-4H3,(H2,26,32)(H,28,34)(H,29,35)(H,30,33)(H,36,37). The number of nitrogens with two attached hydrogens (primary N) is 2. The largest absolute Gasteiger partial charge is 0.508 e. The number of hydrogen-bond acceptors (Lipinski definition) is 7. The van der Waals surface area contributed by atoms with Crippen molar-refractivity contribution in [2.24, 2.45) is 23.3 Å². The van der Waals surface area contributed by atoms with Crippen molar-refractivity contribution in [1.82, 2.24) is 16.0 Å². The van der Waals surface area contributed by atoms with Crippen molar-refractivity contribution in [3.05, 3.63) is 29.8 Å². The lowest BCUT2D eigenvalue weighted by molar-refractivity contribution is -0.144. The Morgan fingerprint density at radius 3 is 1.86 bits per heavy atom. The van der Waals surface area contributed by atoms with E-state index in [1.54, 1.807) is 12.1 Å². The molecule has 0 saturated heterocycles. The van der Waals surface area contributed by atoms with E-state index in [1.165, 1.54) is 12.1 Å². The zero-order valence-electron chi connectivity index (χ0n) is 21.7. The number of carboxylic acids is 1. The molecule has 5 atom stereocenters. The van der Waals surface area contributed by atoms with Gasteiger partial charge in [-0.05, 0) is 36.0 Å². The molecule has 0 bridgehead atoms. The Bertz CT molecular complexity index is 951.